The van der Waals surface area contributed by atoms with E-state index < -0.39 is 5.97 Å². The molecule has 0 aromatic heterocycles. The second-order valence-corrected chi connectivity index (χ2v) is 9.32. The van der Waals surface area contributed by atoms with Crippen molar-refractivity contribution >= 4 is 23.5 Å². The van der Waals surface area contributed by atoms with Crippen LogP contribution in [-0.4, -0.2) is 86.2 Å². The summed E-state index contributed by atoms with van der Waals surface area (Å²) in [6, 6.07) is 5.46. The van der Waals surface area contributed by atoms with Crippen molar-refractivity contribution in [2.24, 2.45) is 0 Å². The van der Waals surface area contributed by atoms with Crippen LogP contribution >= 0.6 is 0 Å². The van der Waals surface area contributed by atoms with Crippen molar-refractivity contribution in [3.05, 3.63) is 29.3 Å². The van der Waals surface area contributed by atoms with Crippen LogP contribution in [0, 0.1) is 0 Å². The van der Waals surface area contributed by atoms with E-state index in [9.17, 15) is 14.4 Å². The highest BCUT2D eigenvalue weighted by molar-refractivity contribution is 6.03. The van der Waals surface area contributed by atoms with Gasteiger partial charge in [-0.25, -0.2) is 4.79 Å². The van der Waals surface area contributed by atoms with Gasteiger partial charge in [0.05, 0.1) is 31.2 Å². The van der Waals surface area contributed by atoms with Crippen LogP contribution in [0.3, 0.4) is 0 Å². The summed E-state index contributed by atoms with van der Waals surface area (Å²) < 4.78 is 10.4. The van der Waals surface area contributed by atoms with E-state index >= 15 is 0 Å². The number of piperidine rings is 2. The molecular weight excluding hydrogens is 410 g/mol. The summed E-state index contributed by atoms with van der Waals surface area (Å²) in [5.74, 6) is -0.136. The van der Waals surface area contributed by atoms with E-state index in [1.54, 1.807) is 19.2 Å². The van der Waals surface area contributed by atoms with Gasteiger partial charge in [0, 0.05) is 45.0 Å². The van der Waals surface area contributed by atoms with Gasteiger partial charge in [0.1, 0.15) is 0 Å². The van der Waals surface area contributed by atoms with Gasteiger partial charge in [-0.15, -0.1) is 0 Å². The Labute approximate surface area is 189 Å². The van der Waals surface area contributed by atoms with Crippen LogP contribution in [0.2, 0.25) is 0 Å². The molecule has 1 aromatic carbocycles. The van der Waals surface area contributed by atoms with Gasteiger partial charge in [-0.05, 0) is 56.4 Å². The Balaban J connectivity index is 1.31. The summed E-state index contributed by atoms with van der Waals surface area (Å²) in [6.07, 6.45) is 3.71. The predicted molar refractivity (Wildman–Crippen MR) is 120 cm³/mol. The number of anilines is 1. The van der Waals surface area contributed by atoms with Crippen molar-refractivity contribution in [2.45, 2.75) is 50.7 Å². The molecule has 174 valence electrons. The molecule has 4 rings (SSSR count). The molecule has 1 aromatic rings. The molecule has 3 aliphatic heterocycles. The van der Waals surface area contributed by atoms with Crippen LogP contribution in [-0.2, 0) is 25.5 Å². The van der Waals surface area contributed by atoms with Crippen LogP contribution in [0.5, 0.6) is 0 Å². The lowest BCUT2D eigenvalue weighted by Crippen LogP contribution is -2.51. The summed E-state index contributed by atoms with van der Waals surface area (Å²) in [4.78, 5) is 43.4. The standard InChI is InChI=1S/C24H33N3O5/c1-24(32-3)8-12-26(13-9-24)22(29)16-25-10-6-19(7-11-25)27-20-5-4-17(23(30)31-2)14-18(20)15-21(27)28/h4-5,14,19H,6-13,15-16H2,1-3H3. The van der Waals surface area contributed by atoms with Gasteiger partial charge in [-0.2, -0.15) is 0 Å². The summed E-state index contributed by atoms with van der Waals surface area (Å²) >= 11 is 0. The third-order valence-corrected chi connectivity index (χ3v) is 7.32. The average Bonchev–Trinajstić information content (AvgIpc) is 3.14. The van der Waals surface area contributed by atoms with Crippen molar-refractivity contribution in [1.29, 1.82) is 0 Å². The molecule has 0 atom stereocenters. The molecule has 0 N–H and O–H groups in total. The molecule has 0 unspecified atom stereocenters. The highest BCUT2D eigenvalue weighted by Crippen LogP contribution is 2.34. The van der Waals surface area contributed by atoms with Gasteiger partial charge in [-0.1, -0.05) is 0 Å². The van der Waals surface area contributed by atoms with Gasteiger partial charge in [-0.3, -0.25) is 14.5 Å². The molecule has 0 bridgehead atoms. The van der Waals surface area contributed by atoms with Gasteiger partial charge in [0.25, 0.3) is 0 Å². The highest BCUT2D eigenvalue weighted by Gasteiger charge is 2.36. The van der Waals surface area contributed by atoms with Gasteiger partial charge >= 0.3 is 5.97 Å². The Morgan fingerprint density at radius 3 is 2.41 bits per heavy atom. The normalized spacial score (nSPS) is 21.5. The second-order valence-electron chi connectivity index (χ2n) is 9.32. The minimum absolute atomic E-state index is 0.0750. The Bertz CT molecular complexity index is 886. The molecule has 8 nitrogen and oxygen atoms in total. The van der Waals surface area contributed by atoms with Crippen molar-refractivity contribution in [3.8, 4) is 0 Å². The summed E-state index contributed by atoms with van der Waals surface area (Å²) in [5, 5.41) is 0. The fraction of sp³-hybridized carbons (Fsp3) is 0.625. The maximum absolute atomic E-state index is 12.8. The SMILES string of the molecule is COC(=O)c1ccc2c(c1)CC(=O)N2C1CCN(CC(=O)N2CCC(C)(OC)CC2)CC1. The fourth-order valence-electron chi connectivity index (χ4n) is 5.05. The molecule has 32 heavy (non-hydrogen) atoms. The van der Waals surface area contributed by atoms with E-state index in [1.807, 2.05) is 15.9 Å². The zero-order valence-corrected chi connectivity index (χ0v) is 19.3. The maximum Gasteiger partial charge on any atom is 0.337 e. The molecule has 2 fully saturated rings. The molecule has 2 saturated heterocycles. The number of methoxy groups -OCH3 is 2. The van der Waals surface area contributed by atoms with E-state index in [1.165, 1.54) is 7.11 Å². The molecular formula is C24H33N3O5. The largest absolute Gasteiger partial charge is 0.465 e. The topological polar surface area (TPSA) is 79.4 Å². The van der Waals surface area contributed by atoms with Gasteiger partial charge in [0.2, 0.25) is 11.8 Å². The smallest absolute Gasteiger partial charge is 0.337 e. The van der Waals surface area contributed by atoms with E-state index in [0.717, 1.165) is 63.1 Å². The van der Waals surface area contributed by atoms with Crippen molar-refractivity contribution < 1.29 is 23.9 Å². The van der Waals surface area contributed by atoms with Gasteiger partial charge < -0.3 is 19.3 Å². The quantitative estimate of drug-likeness (QED) is 0.647. The van der Waals surface area contributed by atoms with Crippen LogP contribution in [0.1, 0.15) is 48.5 Å². The summed E-state index contributed by atoms with van der Waals surface area (Å²) in [5.41, 5.74) is 2.12. The number of nitrogens with zero attached hydrogens (tertiary/aromatic N) is 3. The van der Waals surface area contributed by atoms with Crippen LogP contribution in [0.4, 0.5) is 5.69 Å². The van der Waals surface area contributed by atoms with Crippen LogP contribution < -0.4 is 4.90 Å². The highest BCUT2D eigenvalue weighted by atomic mass is 16.5. The first-order valence-corrected chi connectivity index (χ1v) is 11.4. The number of rotatable bonds is 5. The molecule has 8 heteroatoms. The van der Waals surface area contributed by atoms with Crippen molar-refractivity contribution in [2.75, 3.05) is 51.8 Å². The number of carbonyl (C=O) groups excluding carboxylic acids is 3. The number of hydrogen-bond donors (Lipinski definition) is 0. The number of benzene rings is 1. The van der Waals surface area contributed by atoms with E-state index in [0.29, 0.717) is 18.5 Å². The molecule has 2 amide bonds. The lowest BCUT2D eigenvalue weighted by Gasteiger charge is -2.40. The zero-order chi connectivity index (χ0) is 22.9. The molecule has 0 saturated carbocycles. The van der Waals surface area contributed by atoms with E-state index in [4.69, 9.17) is 9.47 Å². The Hall–Kier alpha value is -2.45. The van der Waals surface area contributed by atoms with Crippen molar-refractivity contribution in [1.82, 2.24) is 9.80 Å². The predicted octanol–water partition coefficient (Wildman–Crippen LogP) is 1.85. The summed E-state index contributed by atoms with van der Waals surface area (Å²) in [6.45, 7) is 5.61. The Morgan fingerprint density at radius 2 is 1.78 bits per heavy atom. The number of ether oxygens (including phenoxy) is 2. The van der Waals surface area contributed by atoms with Crippen LogP contribution in [0.25, 0.3) is 0 Å². The minimum Gasteiger partial charge on any atom is -0.465 e. The molecule has 0 radical (unpaired) electrons. The Morgan fingerprint density at radius 1 is 1.09 bits per heavy atom. The molecule has 0 spiro atoms. The minimum atomic E-state index is -0.391. The van der Waals surface area contributed by atoms with Crippen molar-refractivity contribution in [3.63, 3.8) is 0 Å². The number of esters is 1. The summed E-state index contributed by atoms with van der Waals surface area (Å²) in [7, 11) is 3.09. The number of carbonyl (C=O) groups is 3. The zero-order valence-electron chi connectivity index (χ0n) is 19.3. The molecule has 3 heterocycles. The first-order chi connectivity index (χ1) is 15.3. The third kappa shape index (κ3) is 4.52. The fourth-order valence-corrected chi connectivity index (χ4v) is 5.05. The average molecular weight is 444 g/mol. The monoisotopic (exact) mass is 443 g/mol. The Kier molecular flexibility index (Phi) is 6.53. The number of hydrogen-bond acceptors (Lipinski definition) is 6. The van der Waals surface area contributed by atoms with Gasteiger partial charge in [0.15, 0.2) is 0 Å². The molecule has 0 aliphatic carbocycles. The maximum atomic E-state index is 12.8. The first-order valence-electron chi connectivity index (χ1n) is 11.4. The lowest BCUT2D eigenvalue weighted by atomic mass is 9.93. The van der Waals surface area contributed by atoms with E-state index in [-0.39, 0.29) is 23.5 Å². The lowest BCUT2D eigenvalue weighted by molar-refractivity contribution is -0.137. The first kappa shape index (κ1) is 22.7. The number of fused-ring (bicyclic) bond motifs is 1. The number of amides is 2. The molecule has 3 aliphatic rings. The number of likely N-dealkylation sites (tertiary alicyclic amines) is 2. The third-order valence-electron chi connectivity index (χ3n) is 7.32. The van der Waals surface area contributed by atoms with E-state index in [2.05, 4.69) is 11.8 Å². The second kappa shape index (κ2) is 9.19. The van der Waals surface area contributed by atoms with Crippen LogP contribution in [0.15, 0.2) is 18.2 Å².